The number of nitrogens with zero attached hydrogens (tertiary/aromatic N) is 3. The molecular weight excluding hydrogens is 256 g/mol. The number of ether oxygens (including phenoxy) is 1. The molecule has 0 radical (unpaired) electrons. The molecule has 0 amide bonds. The molecule has 0 fully saturated rings. The Labute approximate surface area is 119 Å². The molecular formula is C14H22N4O2. The number of hydrogen-bond acceptors (Lipinski definition) is 5. The summed E-state index contributed by atoms with van der Waals surface area (Å²) < 4.78 is 12.5. The maximum Gasteiger partial charge on any atom is 0.203 e. The highest BCUT2D eigenvalue weighted by atomic mass is 16.5. The Morgan fingerprint density at radius 1 is 1.40 bits per heavy atom. The van der Waals surface area contributed by atoms with Crippen LogP contribution in [0.3, 0.4) is 0 Å². The lowest BCUT2D eigenvalue weighted by molar-refractivity contribution is 0.142. The summed E-state index contributed by atoms with van der Waals surface area (Å²) in [6.45, 7) is 8.92. The SMILES string of the molecule is CCOCCCn1cc(C)nc1NCc1cc(C)on1. The van der Waals surface area contributed by atoms with E-state index in [-0.39, 0.29) is 0 Å². The van der Waals surface area contributed by atoms with E-state index < -0.39 is 0 Å². The van der Waals surface area contributed by atoms with E-state index in [1.54, 1.807) is 0 Å². The van der Waals surface area contributed by atoms with Gasteiger partial charge in [-0.15, -0.1) is 0 Å². The second-order valence-electron chi connectivity index (χ2n) is 4.73. The van der Waals surface area contributed by atoms with Crippen LogP contribution in [0.25, 0.3) is 0 Å². The van der Waals surface area contributed by atoms with Gasteiger partial charge >= 0.3 is 0 Å². The van der Waals surface area contributed by atoms with Crippen LogP contribution in [0.15, 0.2) is 16.8 Å². The summed E-state index contributed by atoms with van der Waals surface area (Å²) in [5, 5.41) is 7.25. The van der Waals surface area contributed by atoms with Gasteiger partial charge in [0.15, 0.2) is 0 Å². The first-order chi connectivity index (χ1) is 9.69. The van der Waals surface area contributed by atoms with Crippen molar-refractivity contribution >= 4 is 5.95 Å². The minimum atomic E-state index is 0.610. The van der Waals surface area contributed by atoms with Crippen LogP contribution in [-0.2, 0) is 17.8 Å². The average molecular weight is 278 g/mol. The van der Waals surface area contributed by atoms with Crippen molar-refractivity contribution in [3.63, 3.8) is 0 Å². The van der Waals surface area contributed by atoms with E-state index in [1.165, 1.54) is 0 Å². The third-order valence-electron chi connectivity index (χ3n) is 2.89. The first kappa shape index (κ1) is 14.6. The molecule has 2 aromatic rings. The minimum Gasteiger partial charge on any atom is -0.382 e. The first-order valence-electron chi connectivity index (χ1n) is 6.96. The van der Waals surface area contributed by atoms with Crippen molar-refractivity contribution in [2.24, 2.45) is 0 Å². The molecule has 0 atom stereocenters. The molecule has 6 heteroatoms. The van der Waals surface area contributed by atoms with E-state index >= 15 is 0 Å². The molecule has 0 aromatic carbocycles. The quantitative estimate of drug-likeness (QED) is 0.752. The maximum atomic E-state index is 5.36. The van der Waals surface area contributed by atoms with Gasteiger partial charge in [0.05, 0.1) is 12.2 Å². The van der Waals surface area contributed by atoms with E-state index in [9.17, 15) is 0 Å². The fraction of sp³-hybridized carbons (Fsp3) is 0.571. The predicted octanol–water partition coefficient (Wildman–Crippen LogP) is 2.53. The second kappa shape index (κ2) is 7.09. The molecule has 2 aromatic heterocycles. The monoisotopic (exact) mass is 278 g/mol. The summed E-state index contributed by atoms with van der Waals surface area (Å²) in [6.07, 6.45) is 3.02. The van der Waals surface area contributed by atoms with Crippen molar-refractivity contribution < 1.29 is 9.26 Å². The molecule has 0 aliphatic rings. The van der Waals surface area contributed by atoms with Gasteiger partial charge < -0.3 is 19.1 Å². The second-order valence-corrected chi connectivity index (χ2v) is 4.73. The molecule has 20 heavy (non-hydrogen) atoms. The van der Waals surface area contributed by atoms with Crippen LogP contribution in [0, 0.1) is 13.8 Å². The van der Waals surface area contributed by atoms with Crippen molar-refractivity contribution in [1.29, 1.82) is 0 Å². The summed E-state index contributed by atoms with van der Waals surface area (Å²) in [4.78, 5) is 4.48. The zero-order valence-corrected chi connectivity index (χ0v) is 12.3. The Hall–Kier alpha value is -1.82. The Kier molecular flexibility index (Phi) is 5.17. The zero-order chi connectivity index (χ0) is 14.4. The Morgan fingerprint density at radius 3 is 2.95 bits per heavy atom. The topological polar surface area (TPSA) is 65.1 Å². The summed E-state index contributed by atoms with van der Waals surface area (Å²) in [6, 6.07) is 1.92. The Morgan fingerprint density at radius 2 is 2.25 bits per heavy atom. The van der Waals surface area contributed by atoms with Crippen molar-refractivity contribution in [1.82, 2.24) is 14.7 Å². The Balaban J connectivity index is 1.89. The highest BCUT2D eigenvalue weighted by Gasteiger charge is 2.07. The number of nitrogens with one attached hydrogen (secondary N) is 1. The minimum absolute atomic E-state index is 0.610. The highest BCUT2D eigenvalue weighted by Crippen LogP contribution is 2.11. The molecule has 0 saturated carbocycles. The van der Waals surface area contributed by atoms with Crippen molar-refractivity contribution in [3.8, 4) is 0 Å². The molecule has 110 valence electrons. The lowest BCUT2D eigenvalue weighted by atomic mass is 10.4. The highest BCUT2D eigenvalue weighted by molar-refractivity contribution is 5.29. The summed E-state index contributed by atoms with van der Waals surface area (Å²) in [7, 11) is 0. The van der Waals surface area contributed by atoms with Crippen LogP contribution in [0.5, 0.6) is 0 Å². The van der Waals surface area contributed by atoms with Crippen LogP contribution in [0.2, 0.25) is 0 Å². The van der Waals surface area contributed by atoms with Gasteiger partial charge in [0.25, 0.3) is 0 Å². The van der Waals surface area contributed by atoms with Gasteiger partial charge in [-0.2, -0.15) is 0 Å². The number of aryl methyl sites for hydroxylation is 3. The van der Waals surface area contributed by atoms with Crippen LogP contribution >= 0.6 is 0 Å². The first-order valence-corrected chi connectivity index (χ1v) is 6.96. The van der Waals surface area contributed by atoms with E-state index in [2.05, 4.69) is 20.0 Å². The smallest absolute Gasteiger partial charge is 0.203 e. The third-order valence-corrected chi connectivity index (χ3v) is 2.89. The molecule has 0 unspecified atom stereocenters. The van der Waals surface area contributed by atoms with Crippen LogP contribution in [-0.4, -0.2) is 27.9 Å². The lowest BCUT2D eigenvalue weighted by Gasteiger charge is -2.08. The predicted molar refractivity (Wildman–Crippen MR) is 76.6 cm³/mol. The molecule has 0 saturated heterocycles. The normalized spacial score (nSPS) is 10.9. The van der Waals surface area contributed by atoms with Gasteiger partial charge in [0.1, 0.15) is 11.5 Å². The van der Waals surface area contributed by atoms with Gasteiger partial charge in [-0.25, -0.2) is 4.98 Å². The zero-order valence-electron chi connectivity index (χ0n) is 12.3. The lowest BCUT2D eigenvalue weighted by Crippen LogP contribution is -2.09. The fourth-order valence-electron chi connectivity index (χ4n) is 2.01. The van der Waals surface area contributed by atoms with E-state index in [1.807, 2.05) is 33.0 Å². The number of anilines is 1. The standard InChI is InChI=1S/C14H22N4O2/c1-4-19-7-5-6-18-10-11(2)16-14(18)15-9-13-8-12(3)20-17-13/h8,10H,4-7,9H2,1-3H3,(H,15,16). The molecule has 6 nitrogen and oxygen atoms in total. The van der Waals surface area contributed by atoms with Gasteiger partial charge in [0.2, 0.25) is 5.95 Å². The molecule has 1 N–H and O–H groups in total. The largest absolute Gasteiger partial charge is 0.382 e. The van der Waals surface area contributed by atoms with Crippen molar-refractivity contribution in [2.75, 3.05) is 18.5 Å². The van der Waals surface area contributed by atoms with Crippen LogP contribution in [0.1, 0.15) is 30.5 Å². The number of rotatable bonds is 8. The van der Waals surface area contributed by atoms with Gasteiger partial charge in [-0.1, -0.05) is 5.16 Å². The van der Waals surface area contributed by atoms with Gasteiger partial charge in [0, 0.05) is 32.0 Å². The summed E-state index contributed by atoms with van der Waals surface area (Å²) in [5.74, 6) is 1.68. The fourth-order valence-corrected chi connectivity index (χ4v) is 2.01. The molecule has 2 rings (SSSR count). The van der Waals surface area contributed by atoms with Gasteiger partial charge in [-0.3, -0.25) is 0 Å². The van der Waals surface area contributed by atoms with E-state index in [0.29, 0.717) is 6.54 Å². The van der Waals surface area contributed by atoms with Crippen molar-refractivity contribution in [3.05, 3.63) is 29.4 Å². The molecule has 0 aliphatic heterocycles. The Bertz CT molecular complexity index is 533. The molecule has 0 bridgehead atoms. The van der Waals surface area contributed by atoms with Crippen LogP contribution < -0.4 is 5.32 Å². The molecule has 2 heterocycles. The number of hydrogen-bond donors (Lipinski definition) is 1. The third kappa shape index (κ3) is 4.09. The maximum absolute atomic E-state index is 5.36. The number of imidazole rings is 1. The van der Waals surface area contributed by atoms with E-state index in [0.717, 1.165) is 49.3 Å². The van der Waals surface area contributed by atoms with Crippen molar-refractivity contribution in [2.45, 2.75) is 40.3 Å². The van der Waals surface area contributed by atoms with E-state index in [4.69, 9.17) is 9.26 Å². The average Bonchev–Trinajstić information content (AvgIpc) is 2.98. The number of aromatic nitrogens is 3. The molecule has 0 spiro atoms. The summed E-state index contributed by atoms with van der Waals surface area (Å²) in [5.41, 5.74) is 1.88. The van der Waals surface area contributed by atoms with Crippen LogP contribution in [0.4, 0.5) is 5.95 Å². The summed E-state index contributed by atoms with van der Waals surface area (Å²) >= 11 is 0. The van der Waals surface area contributed by atoms with Gasteiger partial charge in [-0.05, 0) is 27.2 Å². The molecule has 0 aliphatic carbocycles.